The van der Waals surface area contributed by atoms with E-state index in [1.54, 1.807) is 0 Å². The second kappa shape index (κ2) is 104. The van der Waals surface area contributed by atoms with Crippen molar-refractivity contribution in [1.29, 1.82) is 0 Å². The van der Waals surface area contributed by atoms with Crippen LogP contribution in [0, 0.1) is 98.8 Å². The molecule has 44 heteroatoms. The number of hydrogen-bond donors (Lipinski definition) is 0. The molecule has 234 valence electrons. The summed E-state index contributed by atoms with van der Waals surface area (Å²) in [6, 6.07) is 0. The minimum atomic E-state index is -3.63. The van der Waals surface area contributed by atoms with Gasteiger partial charge in [0.05, 0.1) is 0 Å². The van der Waals surface area contributed by atoms with E-state index in [0.29, 0.717) is 0 Å². The Kier molecular flexibility index (Phi) is 260. The van der Waals surface area contributed by atoms with Crippen molar-refractivity contribution < 1.29 is 259 Å². The van der Waals surface area contributed by atoms with Crippen LogP contribution in [0.2, 0.25) is 0 Å². The van der Waals surface area contributed by atoms with E-state index < -0.39 is 82.5 Å². The van der Waals surface area contributed by atoms with E-state index in [-0.39, 0.29) is 277 Å². The summed E-state index contributed by atoms with van der Waals surface area (Å²) in [6.07, 6.45) is 0. The third-order valence-electron chi connectivity index (χ3n) is 0. The van der Waals surface area contributed by atoms with E-state index in [9.17, 15) is 0 Å². The maximum atomic E-state index is 8.52. The van der Waals surface area contributed by atoms with Gasteiger partial charge < -0.3 is 126 Å². The van der Waals surface area contributed by atoms with Gasteiger partial charge in [0.1, 0.15) is 0 Å². The number of rotatable bonds is 0. The third-order valence-corrected chi connectivity index (χ3v) is 0. The average molecular weight is 1420 g/mol. The second-order valence-corrected chi connectivity index (χ2v) is 6.75. The third kappa shape index (κ3) is 3460. The molecule has 0 bridgehead atoms. The first-order valence-corrected chi connectivity index (χ1v) is 16.5. The molecule has 0 saturated heterocycles. The monoisotopic (exact) mass is 1420 g/mol. The Morgan fingerprint density at radius 1 is 0.227 bits per heavy atom. The molecule has 0 aliphatic carbocycles. The molecule has 0 atom stereocenters. The summed E-state index contributed by atoms with van der Waals surface area (Å²) in [5, 5.41) is 0. The average Bonchev–Trinajstić information content (AvgIpc) is 2.39. The molecule has 0 saturated carbocycles. The van der Waals surface area contributed by atoms with Gasteiger partial charge in [-0.3, -0.25) is 0 Å². The first-order chi connectivity index (χ1) is 15.6. The summed E-state index contributed by atoms with van der Waals surface area (Å²) in [6.45, 7) is 0. The minimum absolute atomic E-state index is 0. The van der Waals surface area contributed by atoms with Gasteiger partial charge in [-0.2, -0.15) is 0 Å². The summed E-state index contributed by atoms with van der Waals surface area (Å²) in [7, 11) is -32.7. The zero-order chi connectivity index (χ0) is 32.2. The van der Waals surface area contributed by atoms with Crippen LogP contribution in [0.1, 0.15) is 0 Å². The molecule has 0 unspecified atom stereocenters. The van der Waals surface area contributed by atoms with Gasteiger partial charge in [0.25, 0.3) is 0 Å². The van der Waals surface area contributed by atoms with E-state index in [2.05, 4.69) is 0 Å². The van der Waals surface area contributed by atoms with Gasteiger partial charge in [0, 0.05) is 82.5 Å². The fourth-order valence-corrected chi connectivity index (χ4v) is 0. The van der Waals surface area contributed by atoms with Gasteiger partial charge in [-0.15, -0.1) is 0 Å². The molecule has 27 nitrogen and oxygen atoms in total. The Balaban J connectivity index is -0.0000000121. The molecule has 2 radical (unpaired) electrons. The van der Waals surface area contributed by atoms with Crippen LogP contribution < -0.4 is 86.3 Å². The molecule has 0 aromatic carbocycles. The van der Waals surface area contributed by atoms with Crippen molar-refractivity contribution in [2.75, 3.05) is 0 Å². The Hall–Kier alpha value is 5.44. The Bertz CT molecular complexity index is 454. The first-order valence-electron chi connectivity index (χ1n) is 5.51. The normalized spacial score (nSPS) is 4.91. The molecule has 44 heavy (non-hydrogen) atoms. The van der Waals surface area contributed by atoms with E-state index in [1.165, 1.54) is 0 Å². The van der Waals surface area contributed by atoms with Crippen LogP contribution in [0.15, 0.2) is 0 Å². The van der Waals surface area contributed by atoms with Gasteiger partial charge in [-0.05, 0) is 0 Å². The van der Waals surface area contributed by atoms with Crippen LogP contribution in [-0.4, -0.2) is 226 Å². The standard InChI is InChI=1S/2Ba.2Eu.2Mg.2Mn.9O3Si/c;;;;;;;;9*1-4(2)3/q2*+2;2*+3;4*+2;9*-2. The molecule has 0 spiro atoms. The van der Waals surface area contributed by atoms with Crippen LogP contribution in [0.4, 0.5) is 0 Å². The summed E-state index contributed by atoms with van der Waals surface area (Å²) in [4.78, 5) is 153. The van der Waals surface area contributed by atoms with Crippen molar-refractivity contribution in [2.24, 2.45) is 0 Å². The fraction of sp³-hybridized carbons (Fsp3) is 0. The Morgan fingerprint density at radius 2 is 0.227 bits per heavy atom. The van der Waals surface area contributed by atoms with Gasteiger partial charge >= 0.3 is 277 Å². The Morgan fingerprint density at radius 3 is 0.227 bits per heavy atom. The van der Waals surface area contributed by atoms with Crippen LogP contribution >= 0.6 is 0 Å². The molecule has 0 amide bonds. The quantitative estimate of drug-likeness (QED) is 0.203. The smallest absolute Gasteiger partial charge is 0.672 e. The van der Waals surface area contributed by atoms with Gasteiger partial charge in [-0.1, -0.05) is 0 Å². The van der Waals surface area contributed by atoms with Crippen molar-refractivity contribution in [2.45, 2.75) is 0 Å². The summed E-state index contributed by atoms with van der Waals surface area (Å²) >= 11 is 0. The molecular weight excluding hydrogens is 1420 g/mol. The SMILES string of the molecule is O=[Si]([O-])[O-].O=[Si]([O-])[O-].O=[Si]([O-])[O-].O=[Si]([O-])[O-].O=[Si]([O-])[O-].O=[Si]([O-])[O-].O=[Si]([O-])[O-].O=[Si]([O-])[O-].O=[Si]([O-])[O-].[Ba+2].[Ba+2].[Eu+3].[Eu+3].[Mg+2].[Mg+2].[Mn+2].[Mn+2]. The molecule has 0 aromatic rings. The van der Waals surface area contributed by atoms with Crippen molar-refractivity contribution >= 4 is 226 Å². The predicted molar refractivity (Wildman–Crippen MR) is 81.0 cm³/mol. The predicted octanol–water partition coefficient (Wildman–Crippen LogP) is -27.4. The molecular formula is Ba2Eu2Mg2Mn2O27Si9. The second-order valence-electron chi connectivity index (χ2n) is 2.25. The van der Waals surface area contributed by atoms with Crippen molar-refractivity contribution in [3.63, 3.8) is 0 Å². The van der Waals surface area contributed by atoms with Crippen molar-refractivity contribution in [3.8, 4) is 0 Å². The summed E-state index contributed by atoms with van der Waals surface area (Å²) in [5.41, 5.74) is 0. The van der Waals surface area contributed by atoms with E-state index in [0.717, 1.165) is 0 Å². The van der Waals surface area contributed by atoms with E-state index >= 15 is 0 Å². The number of hydrogen-bond acceptors (Lipinski definition) is 27. The molecule has 0 heterocycles. The first kappa shape index (κ1) is 110. The van der Waals surface area contributed by atoms with Gasteiger partial charge in [-0.25, -0.2) is 0 Å². The van der Waals surface area contributed by atoms with Gasteiger partial charge in [0.2, 0.25) is 0 Å². The Labute approximate surface area is 474 Å². The maximum Gasteiger partial charge on any atom is 3.00 e. The zero-order valence-electron chi connectivity index (χ0n) is 19.9. The minimum Gasteiger partial charge on any atom is -0.672 e. The van der Waals surface area contributed by atoms with Crippen LogP contribution in [0.25, 0.3) is 0 Å². The van der Waals surface area contributed by atoms with Crippen LogP contribution in [-0.2, 0) is 74.3 Å². The summed E-state index contributed by atoms with van der Waals surface area (Å²) < 4.78 is 76.7. The summed E-state index contributed by atoms with van der Waals surface area (Å²) in [5.74, 6) is 0. The topological polar surface area (TPSA) is 569 Å². The largest absolute Gasteiger partial charge is 3.00 e. The van der Waals surface area contributed by atoms with Crippen molar-refractivity contribution in [3.05, 3.63) is 0 Å². The molecule has 0 aliphatic heterocycles. The van der Waals surface area contributed by atoms with E-state index in [1.807, 2.05) is 0 Å². The van der Waals surface area contributed by atoms with Crippen LogP contribution in [0.5, 0.6) is 0 Å². The maximum absolute atomic E-state index is 8.52. The molecule has 0 N–H and O–H groups in total. The molecule has 0 fully saturated rings. The fourth-order valence-electron chi connectivity index (χ4n) is 0. The molecule has 0 aliphatic rings. The molecule has 0 rings (SSSR count). The zero-order valence-corrected chi connectivity index (χ0v) is 47.8. The van der Waals surface area contributed by atoms with Crippen molar-refractivity contribution in [1.82, 2.24) is 0 Å². The molecule has 0 aromatic heterocycles. The van der Waals surface area contributed by atoms with Gasteiger partial charge in [0.15, 0.2) is 0 Å². The van der Waals surface area contributed by atoms with E-state index in [4.69, 9.17) is 126 Å². The van der Waals surface area contributed by atoms with Crippen LogP contribution in [0.3, 0.4) is 0 Å².